The molecule has 0 saturated heterocycles. The number of anilines is 1. The second-order valence-electron chi connectivity index (χ2n) is 9.09. The largest absolute Gasteiger partial charge is 0.495 e. The van der Waals surface area contributed by atoms with Gasteiger partial charge in [-0.1, -0.05) is 59.6 Å². The molecule has 0 spiro atoms. The van der Waals surface area contributed by atoms with E-state index < -0.39 is 22.5 Å². The summed E-state index contributed by atoms with van der Waals surface area (Å²) >= 11 is 6.20. The quantitative estimate of drug-likeness (QED) is 0.241. The molecule has 0 heterocycles. The highest BCUT2D eigenvalue weighted by Gasteiger charge is 2.29. The van der Waals surface area contributed by atoms with Crippen molar-refractivity contribution in [1.29, 1.82) is 0 Å². The zero-order valence-electron chi connectivity index (χ0n) is 20.9. The fraction of sp³-hybridized carbons (Fsp3) is 0.172. The lowest BCUT2D eigenvalue weighted by molar-refractivity contribution is -0.119. The number of rotatable bonds is 8. The van der Waals surface area contributed by atoms with Crippen molar-refractivity contribution in [3.63, 3.8) is 0 Å². The van der Waals surface area contributed by atoms with Crippen LogP contribution < -0.4 is 14.5 Å². The SMILES string of the molecule is COc1ccc(Cl)cc1N(CC(=O)N/N=C\c1ccc2c3c(cccc13)CC2)S(=O)(=O)c1ccc(C)cc1. The fourth-order valence-electron chi connectivity index (χ4n) is 4.72. The molecular weight excluding hydrogens is 522 g/mol. The summed E-state index contributed by atoms with van der Waals surface area (Å²) in [5.41, 5.74) is 7.02. The lowest BCUT2D eigenvalue weighted by Gasteiger charge is -2.25. The van der Waals surface area contributed by atoms with Gasteiger partial charge >= 0.3 is 0 Å². The van der Waals surface area contributed by atoms with Gasteiger partial charge in [-0.15, -0.1) is 0 Å². The number of sulfonamides is 1. The number of nitrogens with one attached hydrogen (secondary N) is 1. The Hall–Kier alpha value is -3.88. The van der Waals surface area contributed by atoms with E-state index >= 15 is 0 Å². The zero-order chi connectivity index (χ0) is 26.9. The number of hydrogen-bond acceptors (Lipinski definition) is 5. The van der Waals surface area contributed by atoms with Crippen LogP contribution in [0.3, 0.4) is 0 Å². The summed E-state index contributed by atoms with van der Waals surface area (Å²) in [6, 6.07) is 21.3. The maximum Gasteiger partial charge on any atom is 0.264 e. The molecule has 1 aliphatic carbocycles. The average Bonchev–Trinajstić information content (AvgIpc) is 3.33. The van der Waals surface area contributed by atoms with Gasteiger partial charge in [0.2, 0.25) is 0 Å². The molecular formula is C29H26ClN3O4S. The highest BCUT2D eigenvalue weighted by molar-refractivity contribution is 7.92. The number of methoxy groups -OCH3 is 1. The third-order valence-corrected chi connectivity index (χ3v) is 8.62. The monoisotopic (exact) mass is 547 g/mol. The number of ether oxygens (including phenoxy) is 1. The number of aryl methyl sites for hydroxylation is 3. The van der Waals surface area contributed by atoms with Gasteiger partial charge in [0.25, 0.3) is 15.9 Å². The predicted molar refractivity (Wildman–Crippen MR) is 151 cm³/mol. The number of carbonyl (C=O) groups is 1. The lowest BCUT2D eigenvalue weighted by Crippen LogP contribution is -2.39. The molecule has 1 amide bonds. The van der Waals surface area contributed by atoms with Crippen LogP contribution in [0.1, 0.15) is 22.3 Å². The van der Waals surface area contributed by atoms with Crippen molar-refractivity contribution in [2.75, 3.05) is 18.0 Å². The minimum atomic E-state index is -4.14. The molecule has 9 heteroatoms. The number of hydrogen-bond donors (Lipinski definition) is 1. The summed E-state index contributed by atoms with van der Waals surface area (Å²) in [6.07, 6.45) is 3.61. The Bertz CT molecular complexity index is 1660. The van der Waals surface area contributed by atoms with Crippen LogP contribution in [-0.4, -0.2) is 34.2 Å². The molecule has 1 N–H and O–H groups in total. The standard InChI is InChI=1S/C29H26ClN3O4S/c1-19-6-13-24(14-7-19)38(35,36)33(26-16-23(30)12-15-27(26)37-2)18-28(34)32-31-17-22-11-10-21-9-8-20-4-3-5-25(22)29(20)21/h3-7,10-17H,8-9,18H2,1-2H3,(H,32,34)/b31-17-. The van der Waals surface area contributed by atoms with Crippen LogP contribution >= 0.6 is 11.6 Å². The molecule has 1 aliphatic rings. The number of carbonyl (C=O) groups excluding carboxylic acids is 1. The van der Waals surface area contributed by atoms with Gasteiger partial charge in [0.1, 0.15) is 12.3 Å². The predicted octanol–water partition coefficient (Wildman–Crippen LogP) is 5.25. The van der Waals surface area contributed by atoms with Gasteiger partial charge in [0.05, 0.1) is 23.9 Å². The third-order valence-electron chi connectivity index (χ3n) is 6.61. The highest BCUT2D eigenvalue weighted by atomic mass is 35.5. The van der Waals surface area contributed by atoms with Crippen molar-refractivity contribution in [2.24, 2.45) is 5.10 Å². The molecule has 0 radical (unpaired) electrons. The maximum absolute atomic E-state index is 13.7. The van der Waals surface area contributed by atoms with Crippen molar-refractivity contribution >= 4 is 50.2 Å². The van der Waals surface area contributed by atoms with E-state index in [-0.39, 0.29) is 16.3 Å². The van der Waals surface area contributed by atoms with Crippen molar-refractivity contribution < 1.29 is 17.9 Å². The van der Waals surface area contributed by atoms with Crippen molar-refractivity contribution in [1.82, 2.24) is 5.43 Å². The summed E-state index contributed by atoms with van der Waals surface area (Å²) in [7, 11) is -2.72. The third kappa shape index (κ3) is 4.97. The van der Waals surface area contributed by atoms with Crippen LogP contribution in [-0.2, 0) is 27.7 Å². The summed E-state index contributed by atoms with van der Waals surface area (Å²) in [5, 5.41) is 6.76. The molecule has 4 aromatic rings. The van der Waals surface area contributed by atoms with E-state index in [9.17, 15) is 13.2 Å². The van der Waals surface area contributed by atoms with Crippen LogP contribution in [0.2, 0.25) is 5.02 Å². The molecule has 0 saturated carbocycles. The van der Waals surface area contributed by atoms with Crippen molar-refractivity contribution in [3.8, 4) is 5.75 Å². The maximum atomic E-state index is 13.7. The van der Waals surface area contributed by atoms with E-state index in [1.54, 1.807) is 30.5 Å². The number of amides is 1. The molecule has 4 aromatic carbocycles. The number of hydrazone groups is 1. The van der Waals surface area contributed by atoms with E-state index in [2.05, 4.69) is 22.7 Å². The molecule has 194 valence electrons. The first-order chi connectivity index (χ1) is 18.3. The van der Waals surface area contributed by atoms with Gasteiger partial charge in [0, 0.05) is 10.6 Å². The Labute approximate surface area is 226 Å². The van der Waals surface area contributed by atoms with Gasteiger partial charge in [-0.3, -0.25) is 9.10 Å². The molecule has 5 rings (SSSR count). The molecule has 7 nitrogen and oxygen atoms in total. The second-order valence-corrected chi connectivity index (χ2v) is 11.4. The van der Waals surface area contributed by atoms with E-state index in [1.807, 2.05) is 25.1 Å². The summed E-state index contributed by atoms with van der Waals surface area (Å²) in [6.45, 7) is 1.33. The van der Waals surface area contributed by atoms with E-state index in [0.29, 0.717) is 5.02 Å². The molecule has 0 fully saturated rings. The van der Waals surface area contributed by atoms with Gasteiger partial charge in [0.15, 0.2) is 0 Å². The van der Waals surface area contributed by atoms with Crippen molar-refractivity contribution in [2.45, 2.75) is 24.7 Å². The fourth-order valence-corrected chi connectivity index (χ4v) is 6.31. The van der Waals surface area contributed by atoms with Gasteiger partial charge in [-0.2, -0.15) is 5.10 Å². The second kappa shape index (κ2) is 10.5. The van der Waals surface area contributed by atoms with Crippen LogP contribution in [0.15, 0.2) is 82.8 Å². The Morgan fingerprint density at radius 3 is 2.53 bits per heavy atom. The first-order valence-electron chi connectivity index (χ1n) is 12.1. The normalized spacial score (nSPS) is 12.7. The number of halogens is 1. The minimum Gasteiger partial charge on any atom is -0.495 e. The van der Waals surface area contributed by atoms with Gasteiger partial charge in [-0.05, 0) is 72.0 Å². The molecule has 0 atom stereocenters. The topological polar surface area (TPSA) is 88.1 Å². The summed E-state index contributed by atoms with van der Waals surface area (Å²) in [5.74, 6) is -0.362. The number of benzene rings is 4. The Kier molecular flexibility index (Phi) is 7.10. The summed E-state index contributed by atoms with van der Waals surface area (Å²) in [4.78, 5) is 13.0. The van der Waals surface area contributed by atoms with E-state index in [4.69, 9.17) is 16.3 Å². The first-order valence-corrected chi connectivity index (χ1v) is 13.9. The number of nitrogens with zero attached hydrogens (tertiary/aromatic N) is 2. The molecule has 0 unspecified atom stereocenters. The molecule has 0 bridgehead atoms. The lowest BCUT2D eigenvalue weighted by atomic mass is 10.0. The smallest absolute Gasteiger partial charge is 0.264 e. The van der Waals surface area contributed by atoms with Crippen LogP contribution in [0, 0.1) is 6.92 Å². The van der Waals surface area contributed by atoms with E-state index in [0.717, 1.165) is 33.7 Å². The average molecular weight is 548 g/mol. The molecule has 0 aromatic heterocycles. The Morgan fingerprint density at radius 2 is 1.79 bits per heavy atom. The molecule has 0 aliphatic heterocycles. The molecule has 38 heavy (non-hydrogen) atoms. The van der Waals surface area contributed by atoms with Gasteiger partial charge < -0.3 is 4.74 Å². The Morgan fingerprint density at radius 1 is 1.05 bits per heavy atom. The minimum absolute atomic E-state index is 0.0364. The van der Waals surface area contributed by atoms with Crippen LogP contribution in [0.5, 0.6) is 5.75 Å². The summed E-state index contributed by atoms with van der Waals surface area (Å²) < 4.78 is 33.7. The zero-order valence-corrected chi connectivity index (χ0v) is 22.5. The first kappa shape index (κ1) is 25.8. The van der Waals surface area contributed by atoms with Gasteiger partial charge in [-0.25, -0.2) is 13.8 Å². The Balaban J connectivity index is 1.43. The van der Waals surface area contributed by atoms with Crippen molar-refractivity contribution in [3.05, 3.63) is 100 Å². The van der Waals surface area contributed by atoms with Crippen LogP contribution in [0.25, 0.3) is 10.8 Å². The van der Waals surface area contributed by atoms with E-state index in [1.165, 1.54) is 41.8 Å². The highest BCUT2D eigenvalue weighted by Crippen LogP contribution is 2.35. The van der Waals surface area contributed by atoms with Crippen LogP contribution in [0.4, 0.5) is 5.69 Å².